The maximum Gasteiger partial charge on any atom is 0.228 e. The van der Waals surface area contributed by atoms with Crippen molar-refractivity contribution in [1.29, 1.82) is 0 Å². The van der Waals surface area contributed by atoms with Crippen LogP contribution in [0.5, 0.6) is 5.75 Å². The van der Waals surface area contributed by atoms with Crippen LogP contribution in [-0.2, 0) is 11.2 Å². The summed E-state index contributed by atoms with van der Waals surface area (Å²) in [5.74, 6) is 0.00788. The second kappa shape index (κ2) is 5.12. The molecule has 1 aromatic heterocycles. The zero-order valence-corrected chi connectivity index (χ0v) is 9.13. The van der Waals surface area contributed by atoms with Crippen LogP contribution in [0, 0.1) is 0 Å². The maximum absolute atomic E-state index is 11.7. The van der Waals surface area contributed by atoms with Gasteiger partial charge in [0.2, 0.25) is 5.91 Å². The molecule has 0 spiro atoms. The number of anilines is 1. The smallest absolute Gasteiger partial charge is 0.228 e. The molecule has 2 N–H and O–H groups in total. The van der Waals surface area contributed by atoms with E-state index in [4.69, 9.17) is 0 Å². The standard InChI is InChI=1S/C13H12N2O2/c16-12-3-1-2-11(9-12)15-13(17)8-10-4-6-14-7-5-10/h1-7,9,16H,8H2,(H,15,17). The van der Waals surface area contributed by atoms with Gasteiger partial charge in [-0.2, -0.15) is 0 Å². The van der Waals surface area contributed by atoms with E-state index < -0.39 is 0 Å². The average Bonchev–Trinajstić information content (AvgIpc) is 2.30. The molecule has 0 aliphatic rings. The Kier molecular flexibility index (Phi) is 3.35. The third kappa shape index (κ3) is 3.31. The molecule has 4 nitrogen and oxygen atoms in total. The van der Waals surface area contributed by atoms with Gasteiger partial charge in [0.15, 0.2) is 0 Å². The number of nitrogens with zero attached hydrogens (tertiary/aromatic N) is 1. The highest BCUT2D eigenvalue weighted by molar-refractivity contribution is 5.92. The second-order valence-corrected chi connectivity index (χ2v) is 3.63. The number of pyridine rings is 1. The van der Waals surface area contributed by atoms with Gasteiger partial charge in [-0.3, -0.25) is 9.78 Å². The molecule has 17 heavy (non-hydrogen) atoms. The van der Waals surface area contributed by atoms with Crippen LogP contribution in [0.4, 0.5) is 5.69 Å². The Bertz CT molecular complexity index is 512. The normalized spacial score (nSPS) is 9.88. The van der Waals surface area contributed by atoms with Crippen LogP contribution in [-0.4, -0.2) is 16.0 Å². The van der Waals surface area contributed by atoms with Gasteiger partial charge in [-0.25, -0.2) is 0 Å². The highest BCUT2D eigenvalue weighted by Gasteiger charge is 2.03. The lowest BCUT2D eigenvalue weighted by Crippen LogP contribution is -2.14. The van der Waals surface area contributed by atoms with Gasteiger partial charge in [0.25, 0.3) is 0 Å². The summed E-state index contributed by atoms with van der Waals surface area (Å²) in [4.78, 5) is 15.6. The molecule has 0 saturated carbocycles. The number of benzene rings is 1. The summed E-state index contributed by atoms with van der Waals surface area (Å²) in [6.45, 7) is 0. The van der Waals surface area contributed by atoms with Gasteiger partial charge in [-0.1, -0.05) is 6.07 Å². The first-order valence-electron chi connectivity index (χ1n) is 5.22. The summed E-state index contributed by atoms with van der Waals surface area (Å²) in [6, 6.07) is 10.1. The van der Waals surface area contributed by atoms with Gasteiger partial charge in [-0.05, 0) is 29.8 Å². The molecule has 0 radical (unpaired) electrons. The number of phenols is 1. The zero-order chi connectivity index (χ0) is 12.1. The number of rotatable bonds is 3. The second-order valence-electron chi connectivity index (χ2n) is 3.63. The Labute approximate surface area is 98.9 Å². The summed E-state index contributed by atoms with van der Waals surface area (Å²) in [7, 11) is 0. The summed E-state index contributed by atoms with van der Waals surface area (Å²) < 4.78 is 0. The van der Waals surface area contributed by atoms with Gasteiger partial charge in [0.1, 0.15) is 5.75 Å². The van der Waals surface area contributed by atoms with Gasteiger partial charge >= 0.3 is 0 Å². The first-order chi connectivity index (χ1) is 8.24. The number of nitrogens with one attached hydrogen (secondary N) is 1. The van der Waals surface area contributed by atoms with Gasteiger partial charge in [-0.15, -0.1) is 0 Å². The first kappa shape index (κ1) is 11.1. The lowest BCUT2D eigenvalue weighted by molar-refractivity contribution is -0.115. The number of aromatic hydroxyl groups is 1. The van der Waals surface area contributed by atoms with Crippen LogP contribution in [0.2, 0.25) is 0 Å². The molecule has 0 aliphatic heterocycles. The fourth-order valence-electron chi connectivity index (χ4n) is 1.47. The topological polar surface area (TPSA) is 62.2 Å². The summed E-state index contributed by atoms with van der Waals surface area (Å²) in [5.41, 5.74) is 1.49. The predicted molar refractivity (Wildman–Crippen MR) is 64.7 cm³/mol. The quantitative estimate of drug-likeness (QED) is 0.844. The highest BCUT2D eigenvalue weighted by atomic mass is 16.3. The van der Waals surface area contributed by atoms with Gasteiger partial charge in [0, 0.05) is 24.1 Å². The molecule has 4 heteroatoms. The van der Waals surface area contributed by atoms with Crippen molar-refractivity contribution in [1.82, 2.24) is 4.98 Å². The van der Waals surface area contributed by atoms with Gasteiger partial charge in [0.05, 0.1) is 6.42 Å². The molecule has 1 amide bonds. The van der Waals surface area contributed by atoms with Crippen molar-refractivity contribution in [2.24, 2.45) is 0 Å². The predicted octanol–water partition coefficient (Wildman–Crippen LogP) is 1.97. The van der Waals surface area contributed by atoms with Crippen molar-refractivity contribution in [3.05, 3.63) is 54.4 Å². The molecule has 0 bridgehead atoms. The molecule has 2 rings (SSSR count). The molecular formula is C13H12N2O2. The molecule has 86 valence electrons. The highest BCUT2D eigenvalue weighted by Crippen LogP contribution is 2.15. The van der Waals surface area contributed by atoms with E-state index in [1.54, 1.807) is 42.7 Å². The van der Waals surface area contributed by atoms with E-state index in [1.165, 1.54) is 6.07 Å². The fourth-order valence-corrected chi connectivity index (χ4v) is 1.47. The number of amides is 1. The summed E-state index contributed by atoms with van der Waals surface area (Å²) in [6.07, 6.45) is 3.59. The van der Waals surface area contributed by atoms with Crippen molar-refractivity contribution < 1.29 is 9.90 Å². The van der Waals surface area contributed by atoms with E-state index in [2.05, 4.69) is 10.3 Å². The van der Waals surface area contributed by atoms with Crippen LogP contribution in [0.1, 0.15) is 5.56 Å². The number of hydrogen-bond donors (Lipinski definition) is 2. The van der Waals surface area contributed by atoms with E-state index in [0.29, 0.717) is 5.69 Å². The molecule has 0 fully saturated rings. The van der Waals surface area contributed by atoms with Crippen LogP contribution >= 0.6 is 0 Å². The van der Waals surface area contributed by atoms with E-state index in [1.807, 2.05) is 0 Å². The van der Waals surface area contributed by atoms with Crippen molar-refractivity contribution in [2.45, 2.75) is 6.42 Å². The monoisotopic (exact) mass is 228 g/mol. The molecule has 1 heterocycles. The van der Waals surface area contributed by atoms with Crippen LogP contribution in [0.25, 0.3) is 0 Å². The van der Waals surface area contributed by atoms with E-state index >= 15 is 0 Å². The zero-order valence-electron chi connectivity index (χ0n) is 9.13. The van der Waals surface area contributed by atoms with Crippen LogP contribution < -0.4 is 5.32 Å². The molecule has 0 unspecified atom stereocenters. The van der Waals surface area contributed by atoms with Crippen molar-refractivity contribution in [2.75, 3.05) is 5.32 Å². The van der Waals surface area contributed by atoms with Crippen molar-refractivity contribution >= 4 is 11.6 Å². The lowest BCUT2D eigenvalue weighted by atomic mass is 10.2. The minimum absolute atomic E-state index is 0.123. The minimum atomic E-state index is -0.123. The van der Waals surface area contributed by atoms with Crippen LogP contribution in [0.15, 0.2) is 48.8 Å². The first-order valence-corrected chi connectivity index (χ1v) is 5.22. The largest absolute Gasteiger partial charge is 0.508 e. The lowest BCUT2D eigenvalue weighted by Gasteiger charge is -2.05. The van der Waals surface area contributed by atoms with E-state index in [-0.39, 0.29) is 18.1 Å². The Balaban J connectivity index is 1.98. The molecule has 0 aliphatic carbocycles. The van der Waals surface area contributed by atoms with Crippen molar-refractivity contribution in [3.8, 4) is 5.75 Å². The SMILES string of the molecule is O=C(Cc1ccncc1)Nc1cccc(O)c1. The maximum atomic E-state index is 11.7. The Hall–Kier alpha value is -2.36. The molecule has 0 saturated heterocycles. The number of hydrogen-bond acceptors (Lipinski definition) is 3. The molecule has 2 aromatic rings. The van der Waals surface area contributed by atoms with E-state index in [9.17, 15) is 9.90 Å². The van der Waals surface area contributed by atoms with E-state index in [0.717, 1.165) is 5.56 Å². The number of phenolic OH excluding ortho intramolecular Hbond substituents is 1. The van der Waals surface area contributed by atoms with Crippen molar-refractivity contribution in [3.63, 3.8) is 0 Å². The average molecular weight is 228 g/mol. The number of aromatic nitrogens is 1. The summed E-state index contributed by atoms with van der Waals surface area (Å²) in [5, 5.41) is 12.0. The number of carbonyl (C=O) groups excluding carboxylic acids is 1. The Morgan fingerprint density at radius 3 is 2.71 bits per heavy atom. The Morgan fingerprint density at radius 2 is 2.00 bits per heavy atom. The minimum Gasteiger partial charge on any atom is -0.508 e. The third-order valence-corrected chi connectivity index (χ3v) is 2.24. The Morgan fingerprint density at radius 1 is 1.24 bits per heavy atom. The fraction of sp³-hybridized carbons (Fsp3) is 0.0769. The molecule has 1 aromatic carbocycles. The third-order valence-electron chi connectivity index (χ3n) is 2.24. The molecular weight excluding hydrogens is 216 g/mol. The van der Waals surface area contributed by atoms with Crippen LogP contribution in [0.3, 0.4) is 0 Å². The molecule has 0 atom stereocenters. The number of carbonyl (C=O) groups is 1. The van der Waals surface area contributed by atoms with Gasteiger partial charge < -0.3 is 10.4 Å². The summed E-state index contributed by atoms with van der Waals surface area (Å²) >= 11 is 0.